The number of nitrogens with zero attached hydrogens (tertiary/aromatic N) is 2. The summed E-state index contributed by atoms with van der Waals surface area (Å²) < 4.78 is 52.6. The first-order valence-electron chi connectivity index (χ1n) is 11.5. The Morgan fingerprint density at radius 2 is 1.65 bits per heavy atom. The molecule has 0 spiro atoms. The van der Waals surface area contributed by atoms with Crippen molar-refractivity contribution < 1.29 is 26.8 Å². The fourth-order valence-electron chi connectivity index (χ4n) is 3.55. The van der Waals surface area contributed by atoms with Gasteiger partial charge in [-0.2, -0.15) is 0 Å². The molecule has 2 amide bonds. The lowest BCUT2D eigenvalue weighted by molar-refractivity contribution is -0.141. The maximum atomic E-state index is 13.7. The Kier molecular flexibility index (Phi) is 10.3. The van der Waals surface area contributed by atoms with Crippen molar-refractivity contribution >= 4 is 50.7 Å². The second-order valence-corrected chi connectivity index (χ2v) is 12.4. The molecule has 0 unspecified atom stereocenters. The highest BCUT2D eigenvalue weighted by molar-refractivity contribution is 7.92. The van der Waals surface area contributed by atoms with Gasteiger partial charge in [0.05, 0.1) is 11.9 Å². The monoisotopic (exact) mass is 577 g/mol. The summed E-state index contributed by atoms with van der Waals surface area (Å²) in [6, 6.07) is 6.77. The van der Waals surface area contributed by atoms with Crippen molar-refractivity contribution in [2.45, 2.75) is 58.7 Å². The van der Waals surface area contributed by atoms with Crippen molar-refractivity contribution in [3.8, 4) is 0 Å². The summed E-state index contributed by atoms with van der Waals surface area (Å²) in [5.74, 6) is -3.12. The van der Waals surface area contributed by atoms with Gasteiger partial charge in [0, 0.05) is 46.7 Å². The Morgan fingerprint density at radius 1 is 1.05 bits per heavy atom. The molecule has 0 fully saturated rings. The second kappa shape index (κ2) is 12.4. The summed E-state index contributed by atoms with van der Waals surface area (Å²) in [7, 11) is -3.86. The molecule has 204 valence electrons. The second-order valence-electron chi connectivity index (χ2n) is 9.67. The Hall–Kier alpha value is -2.43. The number of carbonyl (C=O) groups excluding carboxylic acids is 2. The number of hydrogen-bond acceptors (Lipinski definition) is 4. The quantitative estimate of drug-likeness (QED) is 0.423. The lowest BCUT2D eigenvalue weighted by Gasteiger charge is -2.32. The highest BCUT2D eigenvalue weighted by atomic mass is 35.5. The van der Waals surface area contributed by atoms with Crippen molar-refractivity contribution in [2.75, 3.05) is 17.1 Å². The van der Waals surface area contributed by atoms with Crippen LogP contribution < -0.4 is 9.62 Å². The number of nitrogens with one attached hydrogen (secondary N) is 1. The minimum absolute atomic E-state index is 0.0466. The minimum atomic E-state index is -3.86. The van der Waals surface area contributed by atoms with Crippen molar-refractivity contribution in [3.63, 3.8) is 0 Å². The Bertz CT molecular complexity index is 1230. The highest BCUT2D eigenvalue weighted by Crippen LogP contribution is 2.27. The Balaban J connectivity index is 2.26. The standard InChI is InChI=1S/C25H31Cl2F2N3O4S/c1-16(24(34)30-25(2,3)4)31(15-18-19(26)8-6-9-20(18)27)23(33)10-7-13-32(37(5,35)36)17-11-12-21(28)22(29)14-17/h6,8-9,11-12,14,16H,7,10,13,15H2,1-5H3,(H,30,34)/t16-/m1/s1. The third kappa shape index (κ3) is 8.83. The van der Waals surface area contributed by atoms with Crippen LogP contribution in [0.1, 0.15) is 46.1 Å². The fourth-order valence-corrected chi connectivity index (χ4v) is 5.03. The molecule has 2 aromatic rings. The van der Waals surface area contributed by atoms with Crippen LogP contribution in [0.5, 0.6) is 0 Å². The summed E-state index contributed by atoms with van der Waals surface area (Å²) in [5, 5.41) is 3.50. The number of carbonyl (C=O) groups is 2. The topological polar surface area (TPSA) is 86.8 Å². The zero-order chi connectivity index (χ0) is 28.1. The van der Waals surface area contributed by atoms with Gasteiger partial charge in [0.2, 0.25) is 21.8 Å². The van der Waals surface area contributed by atoms with Gasteiger partial charge in [0.1, 0.15) is 6.04 Å². The van der Waals surface area contributed by atoms with Crippen molar-refractivity contribution in [1.82, 2.24) is 10.2 Å². The minimum Gasteiger partial charge on any atom is -0.350 e. The average Bonchev–Trinajstić information content (AvgIpc) is 2.76. The number of amides is 2. The molecule has 0 radical (unpaired) electrons. The third-order valence-electron chi connectivity index (χ3n) is 5.40. The predicted octanol–water partition coefficient (Wildman–Crippen LogP) is 5.15. The third-order valence-corrected chi connectivity index (χ3v) is 7.30. The predicted molar refractivity (Wildman–Crippen MR) is 142 cm³/mol. The molecule has 12 heteroatoms. The van der Waals surface area contributed by atoms with E-state index in [-0.39, 0.29) is 37.5 Å². The van der Waals surface area contributed by atoms with E-state index in [9.17, 15) is 26.8 Å². The molecule has 0 aliphatic carbocycles. The van der Waals surface area contributed by atoms with Gasteiger partial charge >= 0.3 is 0 Å². The molecular weight excluding hydrogens is 547 g/mol. The van der Waals surface area contributed by atoms with Crippen LogP contribution in [0.15, 0.2) is 36.4 Å². The van der Waals surface area contributed by atoms with E-state index < -0.39 is 39.1 Å². The first kappa shape index (κ1) is 30.8. The van der Waals surface area contributed by atoms with Crippen LogP contribution in [0.4, 0.5) is 14.5 Å². The molecule has 1 N–H and O–H groups in total. The lowest BCUT2D eigenvalue weighted by atomic mass is 10.1. The van der Waals surface area contributed by atoms with Gasteiger partial charge in [-0.05, 0) is 58.4 Å². The number of halogens is 4. The molecule has 0 aromatic heterocycles. The Labute approximate surface area is 226 Å². The van der Waals surface area contributed by atoms with Crippen LogP contribution in [-0.2, 0) is 26.2 Å². The first-order valence-corrected chi connectivity index (χ1v) is 14.1. The van der Waals surface area contributed by atoms with E-state index in [1.165, 1.54) is 4.90 Å². The molecule has 0 aliphatic heterocycles. The van der Waals surface area contributed by atoms with Gasteiger partial charge in [-0.1, -0.05) is 29.3 Å². The number of anilines is 1. The Morgan fingerprint density at radius 3 is 2.16 bits per heavy atom. The van der Waals surface area contributed by atoms with Gasteiger partial charge in [0.15, 0.2) is 11.6 Å². The molecule has 37 heavy (non-hydrogen) atoms. The molecule has 2 rings (SSSR count). The van der Waals surface area contributed by atoms with Crippen LogP contribution in [0.3, 0.4) is 0 Å². The van der Waals surface area contributed by atoms with Gasteiger partial charge in [-0.25, -0.2) is 17.2 Å². The van der Waals surface area contributed by atoms with E-state index in [0.29, 0.717) is 15.6 Å². The van der Waals surface area contributed by atoms with E-state index in [0.717, 1.165) is 28.8 Å². The SMILES string of the molecule is C[C@H](C(=O)NC(C)(C)C)N(Cc1c(Cl)cccc1Cl)C(=O)CCCN(c1ccc(F)c(F)c1)S(C)(=O)=O. The molecule has 0 bridgehead atoms. The molecule has 0 saturated heterocycles. The van der Waals surface area contributed by atoms with E-state index in [1.54, 1.807) is 25.1 Å². The normalized spacial score (nSPS) is 12.7. The molecule has 7 nitrogen and oxygen atoms in total. The van der Waals surface area contributed by atoms with Gasteiger partial charge in [-0.15, -0.1) is 0 Å². The summed E-state index contributed by atoms with van der Waals surface area (Å²) in [4.78, 5) is 27.6. The van der Waals surface area contributed by atoms with E-state index >= 15 is 0 Å². The molecular formula is C25H31Cl2F2N3O4S. The molecule has 2 aromatic carbocycles. The smallest absolute Gasteiger partial charge is 0.242 e. The van der Waals surface area contributed by atoms with Crippen LogP contribution >= 0.6 is 23.2 Å². The largest absolute Gasteiger partial charge is 0.350 e. The zero-order valence-corrected chi connectivity index (χ0v) is 23.6. The number of rotatable bonds is 10. The molecule has 0 heterocycles. The highest BCUT2D eigenvalue weighted by Gasteiger charge is 2.29. The number of benzene rings is 2. The van der Waals surface area contributed by atoms with Crippen molar-refractivity contribution in [3.05, 3.63) is 63.6 Å². The van der Waals surface area contributed by atoms with E-state index in [1.807, 2.05) is 20.8 Å². The fraction of sp³-hybridized carbons (Fsp3) is 0.440. The average molecular weight is 579 g/mol. The molecule has 0 saturated carbocycles. The maximum absolute atomic E-state index is 13.7. The van der Waals surface area contributed by atoms with Crippen LogP contribution in [0, 0.1) is 11.6 Å². The van der Waals surface area contributed by atoms with E-state index in [2.05, 4.69) is 5.32 Å². The summed E-state index contributed by atoms with van der Waals surface area (Å²) in [6.07, 6.45) is 0.844. The van der Waals surface area contributed by atoms with Crippen LogP contribution in [0.25, 0.3) is 0 Å². The first-order chi connectivity index (χ1) is 17.0. The maximum Gasteiger partial charge on any atom is 0.242 e. The van der Waals surface area contributed by atoms with Gasteiger partial charge in [-0.3, -0.25) is 13.9 Å². The zero-order valence-electron chi connectivity index (χ0n) is 21.3. The van der Waals surface area contributed by atoms with E-state index in [4.69, 9.17) is 23.2 Å². The molecule has 0 aliphatic rings. The van der Waals surface area contributed by atoms with Crippen LogP contribution in [0.2, 0.25) is 10.0 Å². The summed E-state index contributed by atoms with van der Waals surface area (Å²) in [5.41, 5.74) is -0.136. The summed E-state index contributed by atoms with van der Waals surface area (Å²) >= 11 is 12.6. The van der Waals surface area contributed by atoms with Gasteiger partial charge < -0.3 is 10.2 Å². The van der Waals surface area contributed by atoms with Crippen LogP contribution in [-0.4, -0.2) is 49.5 Å². The lowest BCUT2D eigenvalue weighted by Crippen LogP contribution is -2.52. The number of hydrogen-bond donors (Lipinski definition) is 1. The van der Waals surface area contributed by atoms with Crippen molar-refractivity contribution in [2.24, 2.45) is 0 Å². The summed E-state index contributed by atoms with van der Waals surface area (Å²) in [6.45, 7) is 6.80. The molecule has 1 atom stereocenters. The number of sulfonamides is 1. The van der Waals surface area contributed by atoms with Crippen molar-refractivity contribution in [1.29, 1.82) is 0 Å². The van der Waals surface area contributed by atoms with Gasteiger partial charge in [0.25, 0.3) is 0 Å².